The normalized spacial score (nSPS) is 21.5. The molecule has 2 rings (SSSR count). The second kappa shape index (κ2) is 6.34. The van der Waals surface area contributed by atoms with Gasteiger partial charge < -0.3 is 10.4 Å². The standard InChI is InChI=1S/C14H16N2O5/c17-13(9-3-2-6-12(8-9)16(20)21)15-11-5-1-4-10(7-11)14(18)19/h2-3,6,8,10-11H,1,4-5,7H2,(H,15,17)(H,18,19). The third-order valence-corrected chi connectivity index (χ3v) is 3.68. The maximum absolute atomic E-state index is 12.1. The van der Waals surface area contributed by atoms with Crippen LogP contribution >= 0.6 is 0 Å². The molecule has 1 saturated carbocycles. The molecule has 7 heteroatoms. The van der Waals surface area contributed by atoms with E-state index >= 15 is 0 Å². The first kappa shape index (κ1) is 15.0. The van der Waals surface area contributed by atoms with Gasteiger partial charge in [0.15, 0.2) is 0 Å². The van der Waals surface area contributed by atoms with Crippen molar-refractivity contribution in [2.24, 2.45) is 5.92 Å². The summed E-state index contributed by atoms with van der Waals surface area (Å²) in [6.07, 6.45) is 2.50. The summed E-state index contributed by atoms with van der Waals surface area (Å²) in [7, 11) is 0. The minimum Gasteiger partial charge on any atom is -0.481 e. The van der Waals surface area contributed by atoms with Gasteiger partial charge in [-0.05, 0) is 25.3 Å². The van der Waals surface area contributed by atoms with E-state index in [0.717, 1.165) is 12.8 Å². The highest BCUT2D eigenvalue weighted by Crippen LogP contribution is 2.25. The van der Waals surface area contributed by atoms with Crippen LogP contribution < -0.4 is 5.32 Å². The van der Waals surface area contributed by atoms with Gasteiger partial charge in [0.05, 0.1) is 10.8 Å². The van der Waals surface area contributed by atoms with E-state index in [2.05, 4.69) is 5.32 Å². The monoisotopic (exact) mass is 292 g/mol. The van der Waals surface area contributed by atoms with Crippen LogP contribution in [0.15, 0.2) is 24.3 Å². The molecule has 0 bridgehead atoms. The van der Waals surface area contributed by atoms with Gasteiger partial charge in [0.25, 0.3) is 11.6 Å². The number of hydrogen-bond acceptors (Lipinski definition) is 4. The Morgan fingerprint density at radius 1 is 1.33 bits per heavy atom. The topological polar surface area (TPSA) is 110 Å². The van der Waals surface area contributed by atoms with E-state index in [1.165, 1.54) is 24.3 Å². The molecular formula is C14H16N2O5. The largest absolute Gasteiger partial charge is 0.481 e. The fourth-order valence-corrected chi connectivity index (χ4v) is 2.57. The van der Waals surface area contributed by atoms with Crippen molar-refractivity contribution in [1.29, 1.82) is 0 Å². The van der Waals surface area contributed by atoms with Gasteiger partial charge >= 0.3 is 5.97 Å². The summed E-state index contributed by atoms with van der Waals surface area (Å²) in [5, 5.41) is 22.5. The van der Waals surface area contributed by atoms with Crippen LogP contribution in [0.3, 0.4) is 0 Å². The van der Waals surface area contributed by atoms with Crippen molar-refractivity contribution >= 4 is 17.6 Å². The van der Waals surface area contributed by atoms with E-state index < -0.39 is 22.7 Å². The van der Waals surface area contributed by atoms with Crippen molar-refractivity contribution < 1.29 is 19.6 Å². The number of carboxylic acid groups (broad SMARTS) is 1. The van der Waals surface area contributed by atoms with Crippen molar-refractivity contribution in [3.63, 3.8) is 0 Å². The number of carbonyl (C=O) groups is 2. The van der Waals surface area contributed by atoms with Crippen LogP contribution in [0.4, 0.5) is 5.69 Å². The second-order valence-electron chi connectivity index (χ2n) is 5.18. The van der Waals surface area contributed by atoms with Gasteiger partial charge in [0, 0.05) is 23.7 Å². The van der Waals surface area contributed by atoms with Gasteiger partial charge in [0.1, 0.15) is 0 Å². The molecule has 0 spiro atoms. The Bertz CT molecular complexity index is 572. The van der Waals surface area contributed by atoms with E-state index in [4.69, 9.17) is 5.11 Å². The fourth-order valence-electron chi connectivity index (χ4n) is 2.57. The van der Waals surface area contributed by atoms with Crippen LogP contribution in [0.25, 0.3) is 0 Å². The van der Waals surface area contributed by atoms with Crippen molar-refractivity contribution in [3.05, 3.63) is 39.9 Å². The molecule has 0 radical (unpaired) electrons. The van der Waals surface area contributed by atoms with Crippen LogP contribution in [-0.4, -0.2) is 27.9 Å². The Hall–Kier alpha value is -2.44. The Morgan fingerprint density at radius 3 is 2.76 bits per heavy atom. The molecule has 1 aromatic carbocycles. The zero-order valence-corrected chi connectivity index (χ0v) is 11.3. The van der Waals surface area contributed by atoms with Crippen molar-refractivity contribution in [3.8, 4) is 0 Å². The number of rotatable bonds is 4. The molecule has 0 aromatic heterocycles. The maximum Gasteiger partial charge on any atom is 0.306 e. The molecule has 1 fully saturated rings. The van der Waals surface area contributed by atoms with Gasteiger partial charge in [0.2, 0.25) is 0 Å². The highest BCUT2D eigenvalue weighted by Gasteiger charge is 2.28. The van der Waals surface area contributed by atoms with Crippen molar-refractivity contribution in [2.75, 3.05) is 0 Å². The molecule has 1 aliphatic rings. The number of carboxylic acids is 1. The lowest BCUT2D eigenvalue weighted by Gasteiger charge is -2.27. The number of carbonyl (C=O) groups excluding carboxylic acids is 1. The first-order valence-corrected chi connectivity index (χ1v) is 6.75. The predicted octanol–water partition coefficient (Wildman–Crippen LogP) is 1.97. The molecule has 1 aromatic rings. The maximum atomic E-state index is 12.1. The number of nitrogens with one attached hydrogen (secondary N) is 1. The molecular weight excluding hydrogens is 276 g/mol. The molecule has 2 N–H and O–H groups in total. The predicted molar refractivity (Wildman–Crippen MR) is 73.9 cm³/mol. The Balaban J connectivity index is 2.02. The average molecular weight is 292 g/mol. The number of nitrogens with zero attached hydrogens (tertiary/aromatic N) is 1. The van der Waals surface area contributed by atoms with Gasteiger partial charge in [-0.3, -0.25) is 19.7 Å². The average Bonchev–Trinajstić information content (AvgIpc) is 2.47. The van der Waals surface area contributed by atoms with Gasteiger partial charge in [-0.15, -0.1) is 0 Å². The SMILES string of the molecule is O=C(NC1CCCC(C(=O)O)C1)c1cccc([N+](=O)[O-])c1. The van der Waals surface area contributed by atoms with Crippen LogP contribution in [0, 0.1) is 16.0 Å². The molecule has 7 nitrogen and oxygen atoms in total. The van der Waals surface area contributed by atoms with Crippen LogP contribution in [0.1, 0.15) is 36.0 Å². The summed E-state index contributed by atoms with van der Waals surface area (Å²) in [6.45, 7) is 0. The summed E-state index contributed by atoms with van der Waals surface area (Å²) in [4.78, 5) is 33.2. The number of aliphatic carboxylic acids is 1. The van der Waals surface area contributed by atoms with Crippen LogP contribution in [0.5, 0.6) is 0 Å². The van der Waals surface area contributed by atoms with Crippen LogP contribution in [0.2, 0.25) is 0 Å². The second-order valence-corrected chi connectivity index (χ2v) is 5.18. The molecule has 21 heavy (non-hydrogen) atoms. The lowest BCUT2D eigenvalue weighted by atomic mass is 9.85. The van der Waals surface area contributed by atoms with Gasteiger partial charge in [-0.25, -0.2) is 0 Å². The zero-order chi connectivity index (χ0) is 15.4. The van der Waals surface area contributed by atoms with Gasteiger partial charge in [-0.2, -0.15) is 0 Å². The summed E-state index contributed by atoms with van der Waals surface area (Å²) in [5.41, 5.74) is 0.0661. The lowest BCUT2D eigenvalue weighted by Crippen LogP contribution is -2.39. The Morgan fingerprint density at radius 2 is 2.10 bits per heavy atom. The summed E-state index contributed by atoms with van der Waals surface area (Å²) in [5.74, 6) is -1.69. The fraction of sp³-hybridized carbons (Fsp3) is 0.429. The smallest absolute Gasteiger partial charge is 0.306 e. The zero-order valence-electron chi connectivity index (χ0n) is 11.3. The quantitative estimate of drug-likeness (QED) is 0.651. The summed E-state index contributed by atoms with van der Waals surface area (Å²) >= 11 is 0. The van der Waals surface area contributed by atoms with Crippen molar-refractivity contribution in [2.45, 2.75) is 31.7 Å². The molecule has 2 unspecified atom stereocenters. The van der Waals surface area contributed by atoms with Crippen molar-refractivity contribution in [1.82, 2.24) is 5.32 Å². The number of hydrogen-bond donors (Lipinski definition) is 2. The first-order chi connectivity index (χ1) is 9.97. The first-order valence-electron chi connectivity index (χ1n) is 6.75. The van der Waals surface area contributed by atoms with E-state index in [1.807, 2.05) is 0 Å². The third kappa shape index (κ3) is 3.77. The number of benzene rings is 1. The molecule has 0 saturated heterocycles. The van der Waals surface area contributed by atoms with Gasteiger partial charge in [-0.1, -0.05) is 12.5 Å². The molecule has 1 amide bonds. The molecule has 1 aliphatic carbocycles. The number of nitro benzene ring substituents is 1. The number of amides is 1. The number of nitro groups is 1. The van der Waals surface area contributed by atoms with E-state index in [9.17, 15) is 19.7 Å². The van der Waals surface area contributed by atoms with Crippen LogP contribution in [-0.2, 0) is 4.79 Å². The molecule has 2 atom stereocenters. The Labute approximate surface area is 121 Å². The van der Waals surface area contributed by atoms with E-state index in [1.54, 1.807) is 0 Å². The third-order valence-electron chi connectivity index (χ3n) is 3.68. The minimum atomic E-state index is -0.843. The molecule has 0 heterocycles. The lowest BCUT2D eigenvalue weighted by molar-refractivity contribution is -0.384. The molecule has 0 aliphatic heterocycles. The van der Waals surface area contributed by atoms with E-state index in [0.29, 0.717) is 12.8 Å². The Kier molecular flexibility index (Phi) is 4.52. The molecule has 112 valence electrons. The summed E-state index contributed by atoms with van der Waals surface area (Å²) in [6, 6.07) is 5.28. The van der Waals surface area contributed by atoms with E-state index in [-0.39, 0.29) is 17.3 Å². The highest BCUT2D eigenvalue weighted by atomic mass is 16.6. The summed E-state index contributed by atoms with van der Waals surface area (Å²) < 4.78 is 0. The minimum absolute atomic E-state index is 0.144. The highest BCUT2D eigenvalue weighted by molar-refractivity contribution is 5.95. The number of non-ortho nitro benzene ring substituents is 1.